The molecule has 3 rings (SSSR count). The Kier molecular flexibility index (Phi) is 5.39. The molecule has 0 unspecified atom stereocenters. The second-order valence-corrected chi connectivity index (χ2v) is 7.09. The van der Waals surface area contributed by atoms with E-state index in [9.17, 15) is 4.79 Å². The monoisotopic (exact) mass is 344 g/mol. The van der Waals surface area contributed by atoms with Gasteiger partial charge in [-0.15, -0.1) is 0 Å². The molecular formula is C19H28N4O2. The number of fused-ring (bicyclic) bond motifs is 1. The summed E-state index contributed by atoms with van der Waals surface area (Å²) in [6, 6.07) is 8.01. The van der Waals surface area contributed by atoms with E-state index >= 15 is 0 Å². The number of aromatic nitrogens is 2. The molecule has 6 heteroatoms. The summed E-state index contributed by atoms with van der Waals surface area (Å²) >= 11 is 0. The molecule has 1 saturated heterocycles. The van der Waals surface area contributed by atoms with Gasteiger partial charge in [0.05, 0.1) is 23.2 Å². The normalized spacial score (nSPS) is 21.3. The number of nitrogens with zero attached hydrogens (tertiary/aromatic N) is 3. The number of likely N-dealkylation sites (tertiary alicyclic amines) is 1. The van der Waals surface area contributed by atoms with Crippen LogP contribution in [0.25, 0.3) is 11.0 Å². The summed E-state index contributed by atoms with van der Waals surface area (Å²) in [6.07, 6.45) is 0.0584. The molecule has 0 aliphatic carbocycles. The van der Waals surface area contributed by atoms with Crippen LogP contribution in [0, 0.1) is 0 Å². The van der Waals surface area contributed by atoms with E-state index in [0.29, 0.717) is 6.61 Å². The van der Waals surface area contributed by atoms with Crippen molar-refractivity contribution >= 4 is 16.9 Å². The van der Waals surface area contributed by atoms with Gasteiger partial charge in [0.2, 0.25) is 5.91 Å². The first-order valence-electron chi connectivity index (χ1n) is 9.04. The van der Waals surface area contributed by atoms with E-state index in [0.717, 1.165) is 29.9 Å². The first-order valence-corrected chi connectivity index (χ1v) is 9.04. The van der Waals surface area contributed by atoms with Gasteiger partial charge in [0, 0.05) is 25.6 Å². The summed E-state index contributed by atoms with van der Waals surface area (Å²) in [7, 11) is 2.05. The van der Waals surface area contributed by atoms with Crippen LogP contribution in [0.5, 0.6) is 0 Å². The Hall–Kier alpha value is -1.92. The van der Waals surface area contributed by atoms with E-state index < -0.39 is 0 Å². The van der Waals surface area contributed by atoms with Crippen molar-refractivity contribution in [2.45, 2.75) is 45.4 Å². The number of amides is 1. The number of likely N-dealkylation sites (N-methyl/N-ethyl adjacent to an activating group) is 1. The van der Waals surface area contributed by atoms with Crippen molar-refractivity contribution in [1.29, 1.82) is 0 Å². The van der Waals surface area contributed by atoms with Gasteiger partial charge in [0.15, 0.2) is 0 Å². The molecule has 0 radical (unpaired) electrons. The van der Waals surface area contributed by atoms with Crippen LogP contribution in [-0.4, -0.2) is 59.2 Å². The van der Waals surface area contributed by atoms with Crippen LogP contribution in [0.15, 0.2) is 24.3 Å². The van der Waals surface area contributed by atoms with E-state index in [1.165, 1.54) is 0 Å². The molecule has 0 saturated carbocycles. The van der Waals surface area contributed by atoms with Gasteiger partial charge in [-0.1, -0.05) is 26.0 Å². The molecule has 1 aromatic carbocycles. The standard InChI is InChI=1S/C19H28N4O2/c1-5-25-17-11-22(4)10-15(17)20-18(24)12-23-16-9-7-6-8-14(16)21-19(23)13(2)3/h6-9,13,15,17H,5,10-12H2,1-4H3,(H,20,24)/t15-,17-/m0/s1. The molecule has 1 amide bonds. The molecule has 0 spiro atoms. The molecular weight excluding hydrogens is 316 g/mol. The maximum absolute atomic E-state index is 12.7. The van der Waals surface area contributed by atoms with E-state index in [1.54, 1.807) is 0 Å². The molecule has 1 N–H and O–H groups in total. The molecule has 1 aromatic heterocycles. The topological polar surface area (TPSA) is 59.4 Å². The van der Waals surface area contributed by atoms with Gasteiger partial charge in [-0.2, -0.15) is 0 Å². The number of carbonyl (C=O) groups excluding carboxylic acids is 1. The number of nitrogens with one attached hydrogen (secondary N) is 1. The summed E-state index contributed by atoms with van der Waals surface area (Å²) in [5.74, 6) is 1.21. The lowest BCUT2D eigenvalue weighted by molar-refractivity contribution is -0.123. The Labute approximate surface area is 149 Å². The first-order chi connectivity index (χ1) is 12.0. The SMILES string of the molecule is CCO[C@H]1CN(C)C[C@@H]1NC(=O)Cn1c(C(C)C)nc2ccccc21. The van der Waals surface area contributed by atoms with Crippen LogP contribution in [0.3, 0.4) is 0 Å². The van der Waals surface area contributed by atoms with E-state index in [-0.39, 0.29) is 30.5 Å². The maximum Gasteiger partial charge on any atom is 0.240 e. The van der Waals surface area contributed by atoms with Gasteiger partial charge < -0.3 is 19.5 Å². The molecule has 2 aromatic rings. The lowest BCUT2D eigenvalue weighted by atomic mass is 10.2. The number of ether oxygens (including phenoxy) is 1. The molecule has 0 bridgehead atoms. The van der Waals surface area contributed by atoms with Gasteiger partial charge >= 0.3 is 0 Å². The Morgan fingerprint density at radius 3 is 2.84 bits per heavy atom. The number of hydrogen-bond acceptors (Lipinski definition) is 4. The summed E-state index contributed by atoms with van der Waals surface area (Å²) in [5.41, 5.74) is 1.94. The van der Waals surface area contributed by atoms with Gasteiger partial charge in [-0.3, -0.25) is 4.79 Å². The van der Waals surface area contributed by atoms with E-state index in [4.69, 9.17) is 9.72 Å². The second-order valence-electron chi connectivity index (χ2n) is 7.09. The van der Waals surface area contributed by atoms with Gasteiger partial charge in [-0.05, 0) is 26.1 Å². The predicted octanol–water partition coefficient (Wildman–Crippen LogP) is 1.99. The average molecular weight is 344 g/mol. The minimum absolute atomic E-state index is 0.00931. The van der Waals surface area contributed by atoms with E-state index in [1.807, 2.05) is 35.8 Å². The molecule has 1 aliphatic rings. The summed E-state index contributed by atoms with van der Waals surface area (Å²) in [5, 5.41) is 3.16. The molecule has 2 heterocycles. The summed E-state index contributed by atoms with van der Waals surface area (Å²) in [6.45, 7) is 8.81. The number of imidazole rings is 1. The van der Waals surface area contributed by atoms with Gasteiger partial charge in [0.1, 0.15) is 12.4 Å². The summed E-state index contributed by atoms with van der Waals surface area (Å²) < 4.78 is 7.81. The number of carbonyl (C=O) groups is 1. The Bertz CT molecular complexity index is 740. The number of benzene rings is 1. The largest absolute Gasteiger partial charge is 0.375 e. The van der Waals surface area contributed by atoms with E-state index in [2.05, 4.69) is 31.1 Å². The molecule has 6 nitrogen and oxygen atoms in total. The third kappa shape index (κ3) is 3.85. The summed E-state index contributed by atoms with van der Waals surface area (Å²) in [4.78, 5) is 19.6. The van der Waals surface area contributed by atoms with Crippen molar-refractivity contribution in [3.8, 4) is 0 Å². The highest BCUT2D eigenvalue weighted by Crippen LogP contribution is 2.21. The third-order valence-corrected chi connectivity index (χ3v) is 4.68. The fraction of sp³-hybridized carbons (Fsp3) is 0.579. The highest BCUT2D eigenvalue weighted by Gasteiger charge is 2.32. The molecule has 25 heavy (non-hydrogen) atoms. The van der Waals surface area contributed by atoms with Crippen LogP contribution in [-0.2, 0) is 16.1 Å². The Balaban J connectivity index is 1.77. The Morgan fingerprint density at radius 1 is 1.36 bits per heavy atom. The predicted molar refractivity (Wildman–Crippen MR) is 98.7 cm³/mol. The zero-order chi connectivity index (χ0) is 18.0. The molecule has 136 valence electrons. The van der Waals surface area contributed by atoms with Crippen molar-refractivity contribution < 1.29 is 9.53 Å². The van der Waals surface area contributed by atoms with Crippen molar-refractivity contribution in [3.05, 3.63) is 30.1 Å². The maximum atomic E-state index is 12.7. The second kappa shape index (κ2) is 7.54. The van der Waals surface area contributed by atoms with Crippen molar-refractivity contribution in [3.63, 3.8) is 0 Å². The molecule has 1 aliphatic heterocycles. The fourth-order valence-corrected chi connectivity index (χ4v) is 3.58. The lowest BCUT2D eigenvalue weighted by Crippen LogP contribution is -2.45. The number of rotatable bonds is 6. The number of hydrogen-bond donors (Lipinski definition) is 1. The molecule has 1 fully saturated rings. The highest BCUT2D eigenvalue weighted by atomic mass is 16.5. The number of para-hydroxylation sites is 2. The highest BCUT2D eigenvalue weighted by molar-refractivity contribution is 5.81. The minimum Gasteiger partial charge on any atom is -0.375 e. The van der Waals surface area contributed by atoms with Gasteiger partial charge in [0.25, 0.3) is 0 Å². The fourth-order valence-electron chi connectivity index (χ4n) is 3.58. The zero-order valence-corrected chi connectivity index (χ0v) is 15.5. The quantitative estimate of drug-likeness (QED) is 0.871. The smallest absolute Gasteiger partial charge is 0.240 e. The van der Waals surface area contributed by atoms with Crippen molar-refractivity contribution in [2.24, 2.45) is 0 Å². The van der Waals surface area contributed by atoms with Crippen LogP contribution in [0.1, 0.15) is 32.5 Å². The average Bonchev–Trinajstić information content (AvgIpc) is 3.09. The van der Waals surface area contributed by atoms with Crippen molar-refractivity contribution in [2.75, 3.05) is 26.7 Å². The van der Waals surface area contributed by atoms with Crippen LogP contribution in [0.4, 0.5) is 0 Å². The first kappa shape index (κ1) is 17.9. The van der Waals surface area contributed by atoms with Crippen LogP contribution in [0.2, 0.25) is 0 Å². The lowest BCUT2D eigenvalue weighted by Gasteiger charge is -2.20. The Morgan fingerprint density at radius 2 is 2.12 bits per heavy atom. The van der Waals surface area contributed by atoms with Crippen LogP contribution < -0.4 is 5.32 Å². The van der Waals surface area contributed by atoms with Crippen molar-refractivity contribution in [1.82, 2.24) is 19.8 Å². The third-order valence-electron chi connectivity index (χ3n) is 4.68. The van der Waals surface area contributed by atoms with Gasteiger partial charge in [-0.25, -0.2) is 4.98 Å². The zero-order valence-electron chi connectivity index (χ0n) is 15.5. The van der Waals surface area contributed by atoms with Crippen LogP contribution >= 0.6 is 0 Å². The molecule has 2 atom stereocenters. The minimum atomic E-state index is 0.00931.